The van der Waals surface area contributed by atoms with Crippen molar-refractivity contribution in [3.05, 3.63) is 87.1 Å². The monoisotopic (exact) mass is 368 g/mol. The van der Waals surface area contributed by atoms with Gasteiger partial charge in [-0.05, 0) is 47.2 Å². The highest BCUT2D eigenvalue weighted by Crippen LogP contribution is 2.38. The molecule has 25 heavy (non-hydrogen) atoms. The summed E-state index contributed by atoms with van der Waals surface area (Å²) in [5, 5.41) is 5.70. The number of amides is 2. The van der Waals surface area contributed by atoms with E-state index in [-0.39, 0.29) is 12.1 Å². The van der Waals surface area contributed by atoms with Crippen molar-refractivity contribution in [3.63, 3.8) is 0 Å². The van der Waals surface area contributed by atoms with Gasteiger partial charge in [-0.3, -0.25) is 0 Å². The van der Waals surface area contributed by atoms with E-state index in [1.54, 1.807) is 23.5 Å². The number of thiophene rings is 1. The number of nitrogens with one attached hydrogen (secondary N) is 1. The lowest BCUT2D eigenvalue weighted by atomic mass is 9.93. The third-order valence-corrected chi connectivity index (χ3v) is 5.65. The number of hydrogen-bond donors (Lipinski definition) is 1. The fourth-order valence-electron chi connectivity index (χ4n) is 3.29. The van der Waals surface area contributed by atoms with Crippen LogP contribution in [-0.4, -0.2) is 17.5 Å². The van der Waals surface area contributed by atoms with Crippen molar-refractivity contribution in [3.8, 4) is 0 Å². The summed E-state index contributed by atoms with van der Waals surface area (Å²) >= 11 is 7.80. The first-order valence-corrected chi connectivity index (χ1v) is 9.42. The summed E-state index contributed by atoms with van der Waals surface area (Å²) in [7, 11) is 0. The summed E-state index contributed by atoms with van der Waals surface area (Å²) in [6.45, 7) is 0.694. The van der Waals surface area contributed by atoms with Crippen molar-refractivity contribution in [2.45, 2.75) is 12.5 Å². The Hall–Kier alpha value is -2.30. The number of carbonyl (C=O) groups excluding carboxylic acids is 1. The van der Waals surface area contributed by atoms with Gasteiger partial charge in [-0.15, -0.1) is 11.3 Å². The lowest BCUT2D eigenvalue weighted by molar-refractivity contribution is 0.194. The molecule has 1 atom stereocenters. The Morgan fingerprint density at radius 3 is 2.76 bits per heavy atom. The van der Waals surface area contributed by atoms with E-state index in [1.807, 2.05) is 35.2 Å². The van der Waals surface area contributed by atoms with Gasteiger partial charge < -0.3 is 10.2 Å². The first-order chi connectivity index (χ1) is 12.2. The number of hydrogen-bond acceptors (Lipinski definition) is 2. The van der Waals surface area contributed by atoms with Crippen molar-refractivity contribution < 1.29 is 4.79 Å². The van der Waals surface area contributed by atoms with Gasteiger partial charge in [0.25, 0.3) is 0 Å². The molecule has 1 N–H and O–H groups in total. The third-order valence-electron chi connectivity index (χ3n) is 4.42. The summed E-state index contributed by atoms with van der Waals surface area (Å²) in [6, 6.07) is 19.4. The van der Waals surface area contributed by atoms with E-state index in [0.717, 1.165) is 12.0 Å². The molecule has 0 saturated heterocycles. The predicted molar refractivity (Wildman–Crippen MR) is 103 cm³/mol. The van der Waals surface area contributed by atoms with Crippen LogP contribution >= 0.6 is 22.9 Å². The minimum atomic E-state index is -0.104. The maximum Gasteiger partial charge on any atom is 0.322 e. The van der Waals surface area contributed by atoms with Gasteiger partial charge in [0.1, 0.15) is 0 Å². The topological polar surface area (TPSA) is 32.3 Å². The number of fused-ring (bicyclic) bond motifs is 1. The van der Waals surface area contributed by atoms with Gasteiger partial charge in [0, 0.05) is 22.1 Å². The Bertz CT molecular complexity index is 893. The van der Waals surface area contributed by atoms with Crippen LogP contribution in [0.1, 0.15) is 22.0 Å². The third kappa shape index (κ3) is 3.28. The van der Waals surface area contributed by atoms with Crippen molar-refractivity contribution >= 4 is 34.7 Å². The molecule has 0 radical (unpaired) electrons. The zero-order valence-electron chi connectivity index (χ0n) is 13.5. The van der Waals surface area contributed by atoms with Gasteiger partial charge in [0.05, 0.1) is 6.04 Å². The van der Waals surface area contributed by atoms with Crippen LogP contribution in [0.25, 0.3) is 0 Å². The number of carbonyl (C=O) groups is 1. The van der Waals surface area contributed by atoms with E-state index in [2.05, 4.69) is 28.9 Å². The maximum absolute atomic E-state index is 13.0. The average molecular weight is 369 g/mol. The molecule has 1 aromatic heterocycles. The fraction of sp³-hybridized carbons (Fsp3) is 0.150. The second-order valence-electron chi connectivity index (χ2n) is 6.00. The van der Waals surface area contributed by atoms with Crippen LogP contribution in [0.2, 0.25) is 5.02 Å². The molecule has 4 rings (SSSR count). The van der Waals surface area contributed by atoms with E-state index in [1.165, 1.54) is 10.4 Å². The lowest BCUT2D eigenvalue weighted by Crippen LogP contribution is -2.42. The van der Waals surface area contributed by atoms with Gasteiger partial charge in [0.15, 0.2) is 0 Å². The second-order valence-corrected chi connectivity index (χ2v) is 7.43. The summed E-state index contributed by atoms with van der Waals surface area (Å²) < 4.78 is 0. The summed E-state index contributed by atoms with van der Waals surface area (Å²) in [5.41, 5.74) is 3.06. The molecule has 0 fully saturated rings. The van der Waals surface area contributed by atoms with Crippen molar-refractivity contribution in [2.24, 2.45) is 0 Å². The molecule has 1 aliphatic heterocycles. The molecule has 0 bridgehead atoms. The van der Waals surface area contributed by atoms with E-state index < -0.39 is 0 Å². The Balaban J connectivity index is 1.66. The Kier molecular flexibility index (Phi) is 4.47. The van der Waals surface area contributed by atoms with E-state index >= 15 is 0 Å². The van der Waals surface area contributed by atoms with Crippen LogP contribution in [0, 0.1) is 0 Å². The highest BCUT2D eigenvalue weighted by molar-refractivity contribution is 7.10. The molecule has 5 heteroatoms. The van der Waals surface area contributed by atoms with E-state index in [4.69, 9.17) is 11.6 Å². The zero-order chi connectivity index (χ0) is 17.2. The molecule has 3 aromatic rings. The van der Waals surface area contributed by atoms with Gasteiger partial charge >= 0.3 is 6.03 Å². The number of nitrogens with zero attached hydrogens (tertiary/aromatic N) is 1. The largest absolute Gasteiger partial charge is 0.322 e. The minimum absolute atomic E-state index is 0.0598. The molecule has 3 nitrogen and oxygen atoms in total. The zero-order valence-corrected chi connectivity index (χ0v) is 15.1. The first kappa shape index (κ1) is 16.2. The molecule has 2 amide bonds. The van der Waals surface area contributed by atoms with Crippen LogP contribution in [0.3, 0.4) is 0 Å². The fourth-order valence-corrected chi connectivity index (χ4v) is 4.39. The number of urea groups is 1. The molecule has 0 aliphatic carbocycles. The predicted octanol–water partition coefficient (Wildman–Crippen LogP) is 5.58. The Labute approximate surface area is 155 Å². The first-order valence-electron chi connectivity index (χ1n) is 8.17. The molecule has 1 aliphatic rings. The number of anilines is 1. The standard InChI is InChI=1S/C20H17ClN2OS/c21-15-7-4-8-16(13-15)22-20(24)23-11-9-18-17(10-12-25-18)19(23)14-5-2-1-3-6-14/h1-8,10,12-13,19H,9,11H2,(H,22,24)/t19-/m1/s1. The highest BCUT2D eigenvalue weighted by atomic mass is 35.5. The average Bonchev–Trinajstić information content (AvgIpc) is 3.10. The van der Waals surface area contributed by atoms with Crippen molar-refractivity contribution in [1.82, 2.24) is 4.90 Å². The van der Waals surface area contributed by atoms with E-state index in [9.17, 15) is 4.79 Å². The Morgan fingerprint density at radius 2 is 1.96 bits per heavy atom. The van der Waals surface area contributed by atoms with Crippen molar-refractivity contribution in [1.29, 1.82) is 0 Å². The summed E-state index contributed by atoms with van der Waals surface area (Å²) in [4.78, 5) is 16.2. The second kappa shape index (κ2) is 6.90. The lowest BCUT2D eigenvalue weighted by Gasteiger charge is -2.36. The van der Waals surface area contributed by atoms with Crippen LogP contribution in [0.5, 0.6) is 0 Å². The molecule has 0 spiro atoms. The van der Waals surface area contributed by atoms with Gasteiger partial charge in [-0.25, -0.2) is 4.79 Å². The molecule has 126 valence electrons. The number of rotatable bonds is 2. The minimum Gasteiger partial charge on any atom is -0.313 e. The van der Waals surface area contributed by atoms with Crippen LogP contribution in [-0.2, 0) is 6.42 Å². The summed E-state index contributed by atoms with van der Waals surface area (Å²) in [6.07, 6.45) is 0.888. The smallest absolute Gasteiger partial charge is 0.313 e. The molecule has 0 saturated carbocycles. The van der Waals surface area contributed by atoms with E-state index in [0.29, 0.717) is 17.3 Å². The number of benzene rings is 2. The molecular formula is C20H17ClN2OS. The van der Waals surface area contributed by atoms with Crippen LogP contribution < -0.4 is 5.32 Å². The van der Waals surface area contributed by atoms with Crippen LogP contribution in [0.15, 0.2) is 66.0 Å². The molecular weight excluding hydrogens is 352 g/mol. The van der Waals surface area contributed by atoms with Gasteiger partial charge in [-0.1, -0.05) is 48.0 Å². The van der Waals surface area contributed by atoms with Crippen LogP contribution in [0.4, 0.5) is 10.5 Å². The van der Waals surface area contributed by atoms with Gasteiger partial charge in [0.2, 0.25) is 0 Å². The highest BCUT2D eigenvalue weighted by Gasteiger charge is 2.32. The van der Waals surface area contributed by atoms with Gasteiger partial charge in [-0.2, -0.15) is 0 Å². The summed E-state index contributed by atoms with van der Waals surface area (Å²) in [5.74, 6) is 0. The number of halogens is 1. The molecule has 0 unspecified atom stereocenters. The quantitative estimate of drug-likeness (QED) is 0.629. The van der Waals surface area contributed by atoms with Crippen molar-refractivity contribution in [2.75, 3.05) is 11.9 Å². The molecule has 2 heterocycles. The Morgan fingerprint density at radius 1 is 1.12 bits per heavy atom. The SMILES string of the molecule is O=C(Nc1cccc(Cl)c1)N1CCc2sccc2[C@H]1c1ccccc1. The maximum atomic E-state index is 13.0. The molecule has 2 aromatic carbocycles. The normalized spacial score (nSPS) is 16.4.